The molecule has 0 N–H and O–H groups in total. The zero-order chi connectivity index (χ0) is 10.3. The SMILES string of the molecule is COC(=O)/C=C(/N=C=S)C(=O)OC. The third-order valence-electron chi connectivity index (χ3n) is 1.02. The highest BCUT2D eigenvalue weighted by molar-refractivity contribution is 7.78. The van der Waals surface area contributed by atoms with Gasteiger partial charge in [0, 0.05) is 0 Å². The van der Waals surface area contributed by atoms with Crippen molar-refractivity contribution in [2.75, 3.05) is 14.2 Å². The molecule has 0 aromatic rings. The average molecular weight is 201 g/mol. The van der Waals surface area contributed by atoms with E-state index in [4.69, 9.17) is 0 Å². The summed E-state index contributed by atoms with van der Waals surface area (Å²) < 4.78 is 8.59. The number of thiocarbonyl (C=S) groups is 1. The van der Waals surface area contributed by atoms with Gasteiger partial charge in [-0.1, -0.05) is 0 Å². The van der Waals surface area contributed by atoms with Crippen LogP contribution in [0.1, 0.15) is 0 Å². The molecule has 0 radical (unpaired) electrons. The van der Waals surface area contributed by atoms with Crippen molar-refractivity contribution in [1.82, 2.24) is 0 Å². The second-order valence-corrected chi connectivity index (χ2v) is 1.93. The van der Waals surface area contributed by atoms with Gasteiger partial charge in [0.1, 0.15) is 0 Å². The fraction of sp³-hybridized carbons (Fsp3) is 0.286. The monoisotopic (exact) mass is 201 g/mol. The van der Waals surface area contributed by atoms with Gasteiger partial charge in [-0.25, -0.2) is 9.59 Å². The van der Waals surface area contributed by atoms with Gasteiger partial charge in [-0.2, -0.15) is 4.99 Å². The zero-order valence-electron chi connectivity index (χ0n) is 7.07. The Morgan fingerprint density at radius 2 is 2.00 bits per heavy atom. The molecule has 0 bridgehead atoms. The van der Waals surface area contributed by atoms with E-state index in [1.807, 2.05) is 5.16 Å². The van der Waals surface area contributed by atoms with Crippen molar-refractivity contribution < 1.29 is 19.1 Å². The number of esters is 2. The molecule has 0 fully saturated rings. The molecule has 0 rings (SSSR count). The minimum Gasteiger partial charge on any atom is -0.466 e. The van der Waals surface area contributed by atoms with Gasteiger partial charge in [-0.3, -0.25) is 0 Å². The third kappa shape index (κ3) is 4.15. The summed E-state index contributed by atoms with van der Waals surface area (Å²) in [5.74, 6) is -1.49. The first kappa shape index (κ1) is 11.5. The number of isothiocyanates is 1. The Balaban J connectivity index is 4.79. The Morgan fingerprint density at radius 3 is 2.38 bits per heavy atom. The number of aliphatic imine (C=N–C) groups is 1. The molecular formula is C7H7NO4S. The molecule has 13 heavy (non-hydrogen) atoms. The van der Waals surface area contributed by atoms with Crippen LogP contribution in [0.15, 0.2) is 16.8 Å². The smallest absolute Gasteiger partial charge is 0.357 e. The van der Waals surface area contributed by atoms with Crippen LogP contribution in [-0.2, 0) is 19.1 Å². The maximum atomic E-state index is 10.9. The maximum absolute atomic E-state index is 10.9. The highest BCUT2D eigenvalue weighted by Crippen LogP contribution is 1.98. The van der Waals surface area contributed by atoms with Crippen LogP contribution in [0.5, 0.6) is 0 Å². The summed E-state index contributed by atoms with van der Waals surface area (Å²) in [7, 11) is 2.33. The van der Waals surface area contributed by atoms with E-state index >= 15 is 0 Å². The molecule has 0 aliphatic heterocycles. The molecule has 6 heteroatoms. The summed E-state index contributed by atoms with van der Waals surface area (Å²) >= 11 is 4.27. The third-order valence-corrected chi connectivity index (χ3v) is 1.11. The van der Waals surface area contributed by atoms with Gasteiger partial charge in [0.05, 0.1) is 25.5 Å². The molecule has 5 nitrogen and oxygen atoms in total. The van der Waals surface area contributed by atoms with Crippen molar-refractivity contribution in [2.45, 2.75) is 0 Å². The normalized spacial score (nSPS) is 9.85. The Morgan fingerprint density at radius 1 is 1.38 bits per heavy atom. The largest absolute Gasteiger partial charge is 0.466 e. The van der Waals surface area contributed by atoms with Crippen LogP contribution in [0.2, 0.25) is 0 Å². The molecule has 0 aromatic heterocycles. The van der Waals surface area contributed by atoms with Crippen LogP contribution in [0.4, 0.5) is 0 Å². The number of ether oxygens (including phenoxy) is 2. The van der Waals surface area contributed by atoms with Crippen LogP contribution in [0.3, 0.4) is 0 Å². The minimum atomic E-state index is -0.775. The molecule has 0 aliphatic carbocycles. The van der Waals surface area contributed by atoms with Gasteiger partial charge in [-0.05, 0) is 12.2 Å². The van der Waals surface area contributed by atoms with Gasteiger partial charge < -0.3 is 9.47 Å². The molecule has 0 unspecified atom stereocenters. The number of carbonyl (C=O) groups is 2. The Hall–Kier alpha value is -1.52. The Kier molecular flexibility index (Phi) is 5.34. The predicted molar refractivity (Wildman–Crippen MR) is 47.1 cm³/mol. The van der Waals surface area contributed by atoms with Crippen molar-refractivity contribution in [1.29, 1.82) is 0 Å². The summed E-state index contributed by atoms with van der Waals surface area (Å²) in [6.07, 6.45) is 0.866. The van der Waals surface area contributed by atoms with E-state index in [-0.39, 0.29) is 5.70 Å². The van der Waals surface area contributed by atoms with E-state index in [9.17, 15) is 9.59 Å². The molecule has 0 saturated heterocycles. The standard InChI is InChI=1S/C7H7NO4S/c1-11-6(9)3-5(8-4-13)7(10)12-2/h3H,1-2H3/b5-3+. The number of hydrogen-bond acceptors (Lipinski definition) is 6. The second-order valence-electron chi connectivity index (χ2n) is 1.75. The van der Waals surface area contributed by atoms with Gasteiger partial charge >= 0.3 is 11.9 Å². The van der Waals surface area contributed by atoms with Crippen LogP contribution in [-0.4, -0.2) is 31.3 Å². The molecule has 0 aromatic carbocycles. The summed E-state index contributed by atoms with van der Waals surface area (Å²) in [6.45, 7) is 0. The lowest BCUT2D eigenvalue weighted by atomic mass is 10.4. The molecule has 0 aliphatic rings. The predicted octanol–water partition coefficient (Wildman–Crippen LogP) is 0.319. The molecule has 0 spiro atoms. The van der Waals surface area contributed by atoms with Crippen molar-refractivity contribution in [2.24, 2.45) is 4.99 Å². The van der Waals surface area contributed by atoms with Crippen LogP contribution in [0.25, 0.3) is 0 Å². The van der Waals surface area contributed by atoms with Crippen molar-refractivity contribution in [3.05, 3.63) is 11.8 Å². The lowest BCUT2D eigenvalue weighted by Gasteiger charge is -1.96. The number of hydrogen-bond donors (Lipinski definition) is 0. The molecule has 70 valence electrons. The Bertz CT molecular complexity index is 291. The molecule has 0 amide bonds. The lowest BCUT2D eigenvalue weighted by Crippen LogP contribution is -2.06. The van der Waals surface area contributed by atoms with E-state index in [1.54, 1.807) is 0 Å². The first-order valence-electron chi connectivity index (χ1n) is 3.11. The first-order valence-corrected chi connectivity index (χ1v) is 3.52. The number of rotatable bonds is 3. The van der Waals surface area contributed by atoms with E-state index < -0.39 is 11.9 Å². The fourth-order valence-electron chi connectivity index (χ4n) is 0.461. The fourth-order valence-corrected chi connectivity index (χ4v) is 0.559. The summed E-state index contributed by atoms with van der Waals surface area (Å²) in [5.41, 5.74) is -0.246. The van der Waals surface area contributed by atoms with Gasteiger partial charge in [-0.15, -0.1) is 0 Å². The lowest BCUT2D eigenvalue weighted by molar-refractivity contribution is -0.138. The topological polar surface area (TPSA) is 65.0 Å². The summed E-state index contributed by atoms with van der Waals surface area (Å²) in [5, 5.41) is 1.94. The van der Waals surface area contributed by atoms with E-state index in [1.165, 1.54) is 7.11 Å². The Labute approximate surface area is 80.0 Å². The number of carbonyl (C=O) groups excluding carboxylic acids is 2. The van der Waals surface area contributed by atoms with Gasteiger partial charge in [0.2, 0.25) is 0 Å². The van der Waals surface area contributed by atoms with Crippen LogP contribution >= 0.6 is 12.2 Å². The van der Waals surface area contributed by atoms with Crippen LogP contribution in [0, 0.1) is 0 Å². The van der Waals surface area contributed by atoms with E-state index in [0.29, 0.717) is 0 Å². The average Bonchev–Trinajstić information content (AvgIpc) is 2.15. The van der Waals surface area contributed by atoms with Crippen LogP contribution < -0.4 is 0 Å². The minimum absolute atomic E-state index is 0.246. The highest BCUT2D eigenvalue weighted by atomic mass is 32.1. The summed E-state index contributed by atoms with van der Waals surface area (Å²) in [6, 6.07) is 0. The van der Waals surface area contributed by atoms with Crippen molar-refractivity contribution in [3.8, 4) is 0 Å². The number of nitrogens with zero attached hydrogens (tertiary/aromatic N) is 1. The number of methoxy groups -OCH3 is 2. The molecule has 0 atom stereocenters. The maximum Gasteiger partial charge on any atom is 0.357 e. The van der Waals surface area contributed by atoms with Crippen molar-refractivity contribution >= 4 is 29.3 Å². The van der Waals surface area contributed by atoms with E-state index in [2.05, 4.69) is 26.7 Å². The van der Waals surface area contributed by atoms with Crippen molar-refractivity contribution in [3.63, 3.8) is 0 Å². The molecular weight excluding hydrogens is 194 g/mol. The van der Waals surface area contributed by atoms with Gasteiger partial charge in [0.15, 0.2) is 5.70 Å². The van der Waals surface area contributed by atoms with Gasteiger partial charge in [0.25, 0.3) is 0 Å². The first-order chi connectivity index (χ1) is 6.15. The zero-order valence-corrected chi connectivity index (χ0v) is 7.88. The summed E-state index contributed by atoms with van der Waals surface area (Å²) in [4.78, 5) is 24.9. The molecule has 0 saturated carbocycles. The molecule has 0 heterocycles. The second kappa shape index (κ2) is 6.05. The van der Waals surface area contributed by atoms with E-state index in [0.717, 1.165) is 13.2 Å². The highest BCUT2D eigenvalue weighted by Gasteiger charge is 2.10. The quantitative estimate of drug-likeness (QED) is 0.285.